The average molecular weight is 264 g/mol. The van der Waals surface area contributed by atoms with Crippen LogP contribution in [0.4, 0.5) is 0 Å². The summed E-state index contributed by atoms with van der Waals surface area (Å²) in [7, 11) is 0. The number of aromatic nitrogens is 2. The zero-order chi connectivity index (χ0) is 13.8. The van der Waals surface area contributed by atoms with E-state index in [4.69, 9.17) is 0 Å². The molecular weight excluding hydrogens is 248 g/mol. The summed E-state index contributed by atoms with van der Waals surface area (Å²) in [6, 6.07) is 18.3. The monoisotopic (exact) mass is 264 g/mol. The Morgan fingerprint density at radius 2 is 1.65 bits per heavy atom. The van der Waals surface area contributed by atoms with Gasteiger partial charge in [-0.2, -0.15) is 0 Å². The molecule has 0 aliphatic carbocycles. The van der Waals surface area contributed by atoms with Crippen LogP contribution in [0.5, 0.6) is 0 Å². The largest absolute Gasteiger partial charge is 0.387 e. The van der Waals surface area contributed by atoms with E-state index in [0.29, 0.717) is 6.54 Å². The van der Waals surface area contributed by atoms with Gasteiger partial charge in [0.05, 0.1) is 19.0 Å². The highest BCUT2D eigenvalue weighted by atomic mass is 16.3. The van der Waals surface area contributed by atoms with Crippen LogP contribution in [-0.4, -0.2) is 14.7 Å². The summed E-state index contributed by atoms with van der Waals surface area (Å²) >= 11 is 0. The van der Waals surface area contributed by atoms with Crippen LogP contribution in [0.25, 0.3) is 11.1 Å². The number of aliphatic hydroxyl groups excluding tert-OH is 1. The summed E-state index contributed by atoms with van der Waals surface area (Å²) in [6.45, 7) is 0.519. The lowest BCUT2D eigenvalue weighted by atomic mass is 10.0. The van der Waals surface area contributed by atoms with Gasteiger partial charge in [-0.05, 0) is 16.7 Å². The van der Waals surface area contributed by atoms with Crippen molar-refractivity contribution >= 4 is 0 Å². The third-order valence-corrected chi connectivity index (χ3v) is 3.35. The molecule has 0 radical (unpaired) electrons. The van der Waals surface area contributed by atoms with Crippen LogP contribution >= 0.6 is 0 Å². The van der Waals surface area contributed by atoms with E-state index >= 15 is 0 Å². The van der Waals surface area contributed by atoms with Crippen molar-refractivity contribution in [2.45, 2.75) is 12.6 Å². The molecule has 20 heavy (non-hydrogen) atoms. The molecule has 3 rings (SSSR count). The van der Waals surface area contributed by atoms with Crippen molar-refractivity contribution < 1.29 is 5.11 Å². The van der Waals surface area contributed by atoms with E-state index in [1.54, 1.807) is 12.5 Å². The maximum Gasteiger partial charge on any atom is 0.0969 e. The van der Waals surface area contributed by atoms with Crippen molar-refractivity contribution in [3.05, 3.63) is 78.9 Å². The van der Waals surface area contributed by atoms with E-state index < -0.39 is 6.10 Å². The van der Waals surface area contributed by atoms with E-state index in [0.717, 1.165) is 11.1 Å². The molecule has 0 spiro atoms. The highest BCUT2D eigenvalue weighted by molar-refractivity contribution is 5.63. The highest BCUT2D eigenvalue weighted by Crippen LogP contribution is 2.22. The molecule has 0 saturated carbocycles. The molecule has 3 heteroatoms. The van der Waals surface area contributed by atoms with Gasteiger partial charge in [-0.15, -0.1) is 0 Å². The van der Waals surface area contributed by atoms with E-state index in [9.17, 15) is 5.11 Å². The highest BCUT2D eigenvalue weighted by Gasteiger charge is 2.08. The van der Waals surface area contributed by atoms with Crippen molar-refractivity contribution in [3.63, 3.8) is 0 Å². The fourth-order valence-electron chi connectivity index (χ4n) is 2.23. The van der Waals surface area contributed by atoms with Crippen LogP contribution in [-0.2, 0) is 6.54 Å². The van der Waals surface area contributed by atoms with Gasteiger partial charge >= 0.3 is 0 Å². The zero-order valence-electron chi connectivity index (χ0n) is 11.1. The quantitative estimate of drug-likeness (QED) is 0.785. The maximum atomic E-state index is 10.2. The minimum atomic E-state index is -0.519. The van der Waals surface area contributed by atoms with E-state index in [1.165, 1.54) is 5.56 Å². The summed E-state index contributed by atoms with van der Waals surface area (Å²) in [5.74, 6) is 0. The summed E-state index contributed by atoms with van der Waals surface area (Å²) < 4.78 is 1.87. The van der Waals surface area contributed by atoms with Crippen LogP contribution in [0.1, 0.15) is 11.7 Å². The van der Waals surface area contributed by atoms with Crippen molar-refractivity contribution in [1.82, 2.24) is 9.55 Å². The Labute approximate surface area is 118 Å². The molecule has 3 nitrogen and oxygen atoms in total. The van der Waals surface area contributed by atoms with Gasteiger partial charge in [-0.3, -0.25) is 0 Å². The molecule has 1 heterocycles. The summed E-state index contributed by atoms with van der Waals surface area (Å²) in [5, 5.41) is 10.2. The van der Waals surface area contributed by atoms with Gasteiger partial charge in [0.1, 0.15) is 0 Å². The number of hydrogen-bond donors (Lipinski definition) is 1. The molecule has 0 unspecified atom stereocenters. The molecule has 2 aromatic carbocycles. The minimum absolute atomic E-state index is 0.519. The lowest BCUT2D eigenvalue weighted by Crippen LogP contribution is -2.06. The first-order chi connectivity index (χ1) is 9.83. The van der Waals surface area contributed by atoms with Crippen LogP contribution in [0.3, 0.4) is 0 Å². The lowest BCUT2D eigenvalue weighted by Gasteiger charge is -2.12. The smallest absolute Gasteiger partial charge is 0.0969 e. The van der Waals surface area contributed by atoms with Crippen molar-refractivity contribution in [1.29, 1.82) is 0 Å². The van der Waals surface area contributed by atoms with Crippen LogP contribution in [0.15, 0.2) is 73.3 Å². The molecule has 1 N–H and O–H groups in total. The van der Waals surface area contributed by atoms with Gasteiger partial charge in [0.2, 0.25) is 0 Å². The molecular formula is C17H16N2O. The molecule has 1 atom stereocenters. The van der Waals surface area contributed by atoms with Gasteiger partial charge in [0.25, 0.3) is 0 Å². The fraction of sp³-hybridized carbons (Fsp3) is 0.118. The lowest BCUT2D eigenvalue weighted by molar-refractivity contribution is 0.156. The third kappa shape index (κ3) is 2.78. The van der Waals surface area contributed by atoms with Gasteiger partial charge in [-0.1, -0.05) is 54.6 Å². The fourth-order valence-corrected chi connectivity index (χ4v) is 2.23. The van der Waals surface area contributed by atoms with Crippen molar-refractivity contribution in [3.8, 4) is 11.1 Å². The minimum Gasteiger partial charge on any atom is -0.387 e. The number of rotatable bonds is 4. The van der Waals surface area contributed by atoms with E-state index in [1.807, 2.05) is 53.2 Å². The molecule has 0 aliphatic rings. The second kappa shape index (κ2) is 5.72. The third-order valence-electron chi connectivity index (χ3n) is 3.35. The second-order valence-electron chi connectivity index (χ2n) is 4.76. The summed E-state index contributed by atoms with van der Waals surface area (Å²) in [6.07, 6.45) is 4.75. The molecule has 3 aromatic rings. The van der Waals surface area contributed by atoms with Crippen LogP contribution in [0, 0.1) is 0 Å². The number of hydrogen-bond acceptors (Lipinski definition) is 2. The SMILES string of the molecule is O[C@H](Cn1ccnc1)c1ccc(-c2ccccc2)cc1. The molecule has 0 bridgehead atoms. The summed E-state index contributed by atoms with van der Waals surface area (Å²) in [4.78, 5) is 3.97. The predicted octanol–water partition coefficient (Wildman–Crippen LogP) is 3.28. The number of aliphatic hydroxyl groups is 1. The van der Waals surface area contributed by atoms with E-state index in [2.05, 4.69) is 17.1 Å². The van der Waals surface area contributed by atoms with Crippen molar-refractivity contribution in [2.24, 2.45) is 0 Å². The second-order valence-corrected chi connectivity index (χ2v) is 4.76. The zero-order valence-corrected chi connectivity index (χ0v) is 11.1. The maximum absolute atomic E-state index is 10.2. The normalized spacial score (nSPS) is 12.2. The van der Waals surface area contributed by atoms with Gasteiger partial charge < -0.3 is 9.67 Å². The first-order valence-corrected chi connectivity index (χ1v) is 6.62. The molecule has 0 aliphatic heterocycles. The first kappa shape index (κ1) is 12.6. The number of nitrogens with zero attached hydrogens (tertiary/aromatic N) is 2. The molecule has 100 valence electrons. The molecule has 0 amide bonds. The van der Waals surface area contributed by atoms with Gasteiger partial charge in [-0.25, -0.2) is 4.98 Å². The Kier molecular flexibility index (Phi) is 3.61. The summed E-state index contributed by atoms with van der Waals surface area (Å²) in [5.41, 5.74) is 3.26. The predicted molar refractivity (Wildman–Crippen MR) is 79.1 cm³/mol. The van der Waals surface area contributed by atoms with E-state index in [-0.39, 0.29) is 0 Å². The average Bonchev–Trinajstić information content (AvgIpc) is 3.01. The Morgan fingerprint density at radius 3 is 2.30 bits per heavy atom. The molecule has 0 fully saturated rings. The topological polar surface area (TPSA) is 38.0 Å². The van der Waals surface area contributed by atoms with Gasteiger partial charge in [0, 0.05) is 12.4 Å². The van der Waals surface area contributed by atoms with Crippen molar-refractivity contribution in [2.75, 3.05) is 0 Å². The Balaban J connectivity index is 1.76. The first-order valence-electron chi connectivity index (χ1n) is 6.62. The van der Waals surface area contributed by atoms with Crippen LogP contribution in [0.2, 0.25) is 0 Å². The number of imidazole rings is 1. The number of benzene rings is 2. The van der Waals surface area contributed by atoms with Gasteiger partial charge in [0.15, 0.2) is 0 Å². The Hall–Kier alpha value is -2.39. The van der Waals surface area contributed by atoms with Crippen LogP contribution < -0.4 is 0 Å². The standard InChI is InChI=1S/C17H16N2O/c20-17(12-19-11-10-18-13-19)16-8-6-15(7-9-16)14-4-2-1-3-5-14/h1-11,13,17,20H,12H2/t17-/m1/s1. The molecule has 0 saturated heterocycles. The Morgan fingerprint density at radius 1 is 0.950 bits per heavy atom. The molecule has 1 aromatic heterocycles. The Bertz CT molecular complexity index is 645.